The maximum atomic E-state index is 10.9. The summed E-state index contributed by atoms with van der Waals surface area (Å²) in [5, 5.41) is 8.99. The summed E-state index contributed by atoms with van der Waals surface area (Å²) in [4.78, 5) is 10.9. The number of ether oxygens (including phenoxy) is 1. The number of methoxy groups -OCH3 is 1. The second-order valence-corrected chi connectivity index (χ2v) is 3.69. The summed E-state index contributed by atoms with van der Waals surface area (Å²) in [7, 11) is 1.69. The van der Waals surface area contributed by atoms with Gasteiger partial charge in [-0.1, -0.05) is 12.5 Å². The Bertz CT molecular complexity index is 243. The highest BCUT2D eigenvalue weighted by molar-refractivity contribution is 5.87. The van der Waals surface area contributed by atoms with E-state index in [0.717, 1.165) is 31.3 Å². The highest BCUT2D eigenvalue weighted by Crippen LogP contribution is 2.28. The molecular weight excluding hydrogens is 180 g/mol. The summed E-state index contributed by atoms with van der Waals surface area (Å²) in [6.45, 7) is 1.90. The lowest BCUT2D eigenvalue weighted by Crippen LogP contribution is -2.18. The molecule has 14 heavy (non-hydrogen) atoms. The number of carboxylic acids is 1. The van der Waals surface area contributed by atoms with Crippen molar-refractivity contribution in [1.82, 2.24) is 0 Å². The first-order valence-electron chi connectivity index (χ1n) is 5.16. The SMILES string of the molecule is CC/C(C(=O)O)=C1\CCCC(OC)C1. The molecule has 0 bridgehead atoms. The number of carboxylic acid groups (broad SMARTS) is 1. The summed E-state index contributed by atoms with van der Waals surface area (Å²) < 4.78 is 5.27. The number of hydrogen-bond acceptors (Lipinski definition) is 2. The van der Waals surface area contributed by atoms with Crippen LogP contribution in [-0.2, 0) is 9.53 Å². The van der Waals surface area contributed by atoms with Crippen LogP contribution >= 0.6 is 0 Å². The molecule has 1 fully saturated rings. The molecule has 0 amide bonds. The molecule has 1 aliphatic rings. The molecule has 1 saturated carbocycles. The molecule has 0 aromatic heterocycles. The summed E-state index contributed by atoms with van der Waals surface area (Å²) in [5.41, 5.74) is 1.67. The Morgan fingerprint density at radius 2 is 2.36 bits per heavy atom. The number of rotatable bonds is 3. The molecule has 0 aromatic rings. The van der Waals surface area contributed by atoms with Crippen LogP contribution in [0, 0.1) is 0 Å². The van der Waals surface area contributed by atoms with E-state index in [1.807, 2.05) is 6.92 Å². The van der Waals surface area contributed by atoms with Crippen LogP contribution in [0.2, 0.25) is 0 Å². The van der Waals surface area contributed by atoms with Crippen molar-refractivity contribution < 1.29 is 14.6 Å². The average molecular weight is 198 g/mol. The molecule has 1 N–H and O–H groups in total. The fourth-order valence-electron chi connectivity index (χ4n) is 2.05. The van der Waals surface area contributed by atoms with E-state index in [-0.39, 0.29) is 6.10 Å². The van der Waals surface area contributed by atoms with Crippen LogP contribution in [0.5, 0.6) is 0 Å². The molecule has 0 saturated heterocycles. The van der Waals surface area contributed by atoms with E-state index in [1.165, 1.54) is 0 Å². The standard InChI is InChI=1S/C11H18O3/c1-3-10(11(12)13)8-5-4-6-9(7-8)14-2/h9H,3-7H2,1-2H3,(H,12,13)/b10-8-. The third-order valence-electron chi connectivity index (χ3n) is 2.85. The summed E-state index contributed by atoms with van der Waals surface area (Å²) in [6, 6.07) is 0. The Morgan fingerprint density at radius 1 is 1.64 bits per heavy atom. The van der Waals surface area contributed by atoms with Gasteiger partial charge in [0.15, 0.2) is 0 Å². The van der Waals surface area contributed by atoms with Crippen LogP contribution in [0.4, 0.5) is 0 Å². The molecule has 0 radical (unpaired) electrons. The van der Waals surface area contributed by atoms with E-state index in [2.05, 4.69) is 0 Å². The normalized spacial score (nSPS) is 26.0. The van der Waals surface area contributed by atoms with Gasteiger partial charge >= 0.3 is 5.97 Å². The van der Waals surface area contributed by atoms with Crippen molar-refractivity contribution in [1.29, 1.82) is 0 Å². The lowest BCUT2D eigenvalue weighted by atomic mass is 9.88. The second-order valence-electron chi connectivity index (χ2n) is 3.69. The van der Waals surface area contributed by atoms with Crippen LogP contribution in [0.25, 0.3) is 0 Å². The molecule has 3 heteroatoms. The van der Waals surface area contributed by atoms with E-state index in [1.54, 1.807) is 7.11 Å². The zero-order valence-corrected chi connectivity index (χ0v) is 8.88. The molecule has 1 atom stereocenters. The quantitative estimate of drug-likeness (QED) is 0.708. The monoisotopic (exact) mass is 198 g/mol. The molecule has 0 aliphatic heterocycles. The predicted octanol–water partition coefficient (Wildman–Crippen LogP) is 2.37. The molecule has 0 aromatic carbocycles. The summed E-state index contributed by atoms with van der Waals surface area (Å²) >= 11 is 0. The van der Waals surface area contributed by atoms with Gasteiger partial charge in [0, 0.05) is 12.7 Å². The van der Waals surface area contributed by atoms with E-state index in [9.17, 15) is 4.79 Å². The zero-order chi connectivity index (χ0) is 10.6. The van der Waals surface area contributed by atoms with E-state index in [4.69, 9.17) is 9.84 Å². The van der Waals surface area contributed by atoms with Crippen LogP contribution < -0.4 is 0 Å². The number of hydrogen-bond donors (Lipinski definition) is 1. The largest absolute Gasteiger partial charge is 0.478 e. The predicted molar refractivity (Wildman–Crippen MR) is 54.2 cm³/mol. The minimum Gasteiger partial charge on any atom is -0.478 e. The van der Waals surface area contributed by atoms with Crippen LogP contribution in [0.1, 0.15) is 39.0 Å². The topological polar surface area (TPSA) is 46.5 Å². The molecule has 0 heterocycles. The Kier molecular flexibility index (Phi) is 4.14. The molecule has 0 spiro atoms. The van der Waals surface area contributed by atoms with Crippen LogP contribution in [0.3, 0.4) is 0 Å². The average Bonchev–Trinajstić information content (AvgIpc) is 2.19. The van der Waals surface area contributed by atoms with E-state index >= 15 is 0 Å². The third-order valence-corrected chi connectivity index (χ3v) is 2.85. The van der Waals surface area contributed by atoms with Crippen LogP contribution in [0.15, 0.2) is 11.1 Å². The van der Waals surface area contributed by atoms with Crippen molar-refractivity contribution in [2.75, 3.05) is 7.11 Å². The van der Waals surface area contributed by atoms with Crippen molar-refractivity contribution in [3.8, 4) is 0 Å². The van der Waals surface area contributed by atoms with Gasteiger partial charge in [-0.3, -0.25) is 0 Å². The summed E-state index contributed by atoms with van der Waals surface area (Å²) in [6.07, 6.45) is 4.66. The van der Waals surface area contributed by atoms with Crippen molar-refractivity contribution >= 4 is 5.97 Å². The lowest BCUT2D eigenvalue weighted by molar-refractivity contribution is -0.132. The zero-order valence-electron chi connectivity index (χ0n) is 8.88. The molecule has 1 rings (SSSR count). The maximum absolute atomic E-state index is 10.9. The minimum atomic E-state index is -0.765. The van der Waals surface area contributed by atoms with Gasteiger partial charge in [0.05, 0.1) is 6.10 Å². The third kappa shape index (κ3) is 2.58. The molecule has 80 valence electrons. The first-order chi connectivity index (χ1) is 6.69. The van der Waals surface area contributed by atoms with Gasteiger partial charge in [-0.15, -0.1) is 0 Å². The van der Waals surface area contributed by atoms with Crippen molar-refractivity contribution in [3.05, 3.63) is 11.1 Å². The smallest absolute Gasteiger partial charge is 0.331 e. The van der Waals surface area contributed by atoms with Gasteiger partial charge in [0.1, 0.15) is 0 Å². The number of aliphatic carboxylic acids is 1. The first-order valence-corrected chi connectivity index (χ1v) is 5.16. The highest BCUT2D eigenvalue weighted by atomic mass is 16.5. The van der Waals surface area contributed by atoms with E-state index < -0.39 is 5.97 Å². The fourth-order valence-corrected chi connectivity index (χ4v) is 2.05. The van der Waals surface area contributed by atoms with Gasteiger partial charge in [-0.05, 0) is 32.1 Å². The van der Waals surface area contributed by atoms with Gasteiger partial charge in [0.2, 0.25) is 0 Å². The fraction of sp³-hybridized carbons (Fsp3) is 0.727. The van der Waals surface area contributed by atoms with Gasteiger partial charge < -0.3 is 9.84 Å². The Balaban J connectivity index is 2.78. The molecular formula is C11H18O3. The van der Waals surface area contributed by atoms with Crippen molar-refractivity contribution in [2.24, 2.45) is 0 Å². The summed E-state index contributed by atoms with van der Waals surface area (Å²) in [5.74, 6) is -0.765. The maximum Gasteiger partial charge on any atom is 0.331 e. The second kappa shape index (κ2) is 5.15. The first kappa shape index (κ1) is 11.2. The molecule has 1 unspecified atom stereocenters. The van der Waals surface area contributed by atoms with Crippen LogP contribution in [-0.4, -0.2) is 24.3 Å². The lowest BCUT2D eigenvalue weighted by Gasteiger charge is -2.24. The molecule has 1 aliphatic carbocycles. The minimum absolute atomic E-state index is 0.222. The van der Waals surface area contributed by atoms with Gasteiger partial charge in [-0.25, -0.2) is 4.79 Å². The Labute approximate surface area is 84.8 Å². The molecule has 3 nitrogen and oxygen atoms in total. The van der Waals surface area contributed by atoms with E-state index in [0.29, 0.717) is 12.0 Å². The van der Waals surface area contributed by atoms with Crippen molar-refractivity contribution in [2.45, 2.75) is 45.1 Å². The Hall–Kier alpha value is -0.830. The van der Waals surface area contributed by atoms with Gasteiger partial charge in [0.25, 0.3) is 0 Å². The number of carbonyl (C=O) groups is 1. The van der Waals surface area contributed by atoms with Gasteiger partial charge in [-0.2, -0.15) is 0 Å². The van der Waals surface area contributed by atoms with Crippen molar-refractivity contribution in [3.63, 3.8) is 0 Å². The Morgan fingerprint density at radius 3 is 2.86 bits per heavy atom. The highest BCUT2D eigenvalue weighted by Gasteiger charge is 2.21.